The van der Waals surface area contributed by atoms with Crippen LogP contribution in [-0.2, 0) is 0 Å². The van der Waals surface area contributed by atoms with Crippen molar-refractivity contribution in [1.82, 2.24) is 19.8 Å². The number of pyridine rings is 1. The van der Waals surface area contributed by atoms with E-state index in [0.717, 1.165) is 56.0 Å². The number of likely N-dealkylation sites (N-methyl/N-ethyl adjacent to an activating group) is 1. The zero-order valence-electron chi connectivity index (χ0n) is 21.3. The van der Waals surface area contributed by atoms with E-state index < -0.39 is 6.09 Å². The highest BCUT2D eigenvalue weighted by atomic mass is 16.4. The van der Waals surface area contributed by atoms with E-state index in [2.05, 4.69) is 72.9 Å². The minimum atomic E-state index is -0.806. The largest absolute Gasteiger partial charge is 0.465 e. The van der Waals surface area contributed by atoms with E-state index in [1.54, 1.807) is 0 Å². The number of hydrogen-bond donors (Lipinski definition) is 2. The van der Waals surface area contributed by atoms with Crippen LogP contribution < -0.4 is 4.90 Å². The zero-order chi connectivity index (χ0) is 24.7. The van der Waals surface area contributed by atoms with Gasteiger partial charge in [0, 0.05) is 61.4 Å². The predicted molar refractivity (Wildman–Crippen MR) is 142 cm³/mol. The van der Waals surface area contributed by atoms with E-state index in [4.69, 9.17) is 4.98 Å². The van der Waals surface area contributed by atoms with Gasteiger partial charge in [0.15, 0.2) is 0 Å². The summed E-state index contributed by atoms with van der Waals surface area (Å²) in [5.41, 5.74) is 7.25. The number of hydrogen-bond acceptors (Lipinski definition) is 4. The Hall–Kier alpha value is -3.06. The molecule has 1 aromatic carbocycles. The Morgan fingerprint density at radius 3 is 2.43 bits per heavy atom. The van der Waals surface area contributed by atoms with Crippen LogP contribution in [0.3, 0.4) is 0 Å². The van der Waals surface area contributed by atoms with Crippen molar-refractivity contribution < 1.29 is 9.90 Å². The molecule has 186 valence electrons. The number of rotatable bonds is 4. The second-order valence-corrected chi connectivity index (χ2v) is 10.6. The van der Waals surface area contributed by atoms with E-state index in [1.165, 1.54) is 32.7 Å². The molecule has 2 N–H and O–H groups in total. The van der Waals surface area contributed by atoms with Crippen molar-refractivity contribution in [3.63, 3.8) is 0 Å². The summed E-state index contributed by atoms with van der Waals surface area (Å²) >= 11 is 0. The lowest BCUT2D eigenvalue weighted by Crippen LogP contribution is -2.44. The summed E-state index contributed by atoms with van der Waals surface area (Å²) in [5, 5.41) is 10.6. The molecule has 3 aromatic rings. The minimum absolute atomic E-state index is 0.364. The summed E-state index contributed by atoms with van der Waals surface area (Å²) in [6, 6.07) is 11.2. The normalized spacial score (nSPS) is 18.1. The molecule has 0 spiro atoms. The number of nitrogens with one attached hydrogen (secondary N) is 1. The van der Waals surface area contributed by atoms with E-state index >= 15 is 0 Å². The van der Waals surface area contributed by atoms with Gasteiger partial charge in [0.25, 0.3) is 0 Å². The number of aromatic nitrogens is 2. The molecule has 2 aromatic heterocycles. The first-order valence-corrected chi connectivity index (χ1v) is 12.9. The van der Waals surface area contributed by atoms with E-state index in [-0.39, 0.29) is 0 Å². The van der Waals surface area contributed by atoms with Crippen molar-refractivity contribution in [2.24, 2.45) is 0 Å². The molecule has 35 heavy (non-hydrogen) atoms. The highest BCUT2D eigenvalue weighted by molar-refractivity contribution is 5.92. The molecule has 0 unspecified atom stereocenters. The molecule has 2 aliphatic rings. The first-order valence-electron chi connectivity index (χ1n) is 12.9. The highest BCUT2D eigenvalue weighted by Crippen LogP contribution is 2.39. The van der Waals surface area contributed by atoms with Gasteiger partial charge in [0.1, 0.15) is 5.82 Å². The maximum Gasteiger partial charge on any atom is 0.407 e. The number of carbonyl (C=O) groups is 1. The molecule has 2 fully saturated rings. The molecular weight excluding hydrogens is 438 g/mol. The maximum absolute atomic E-state index is 11.3. The number of aromatic amines is 1. The molecule has 7 heteroatoms. The first-order chi connectivity index (χ1) is 16.8. The molecule has 0 bridgehead atoms. The van der Waals surface area contributed by atoms with Gasteiger partial charge in [-0.2, -0.15) is 0 Å². The molecular formula is C28H37N5O2. The average Bonchev–Trinajstić information content (AvgIpc) is 3.23. The lowest BCUT2D eigenvalue weighted by Gasteiger charge is -2.33. The number of piperidine rings is 1. The van der Waals surface area contributed by atoms with Gasteiger partial charge in [-0.05, 0) is 74.0 Å². The fraction of sp³-hybridized carbons (Fsp3) is 0.500. The van der Waals surface area contributed by atoms with Crippen molar-refractivity contribution in [1.29, 1.82) is 0 Å². The Balaban J connectivity index is 1.50. The van der Waals surface area contributed by atoms with Gasteiger partial charge >= 0.3 is 6.09 Å². The Bertz CT molecular complexity index is 1220. The van der Waals surface area contributed by atoms with Crippen LogP contribution in [0.25, 0.3) is 22.2 Å². The molecule has 2 aliphatic heterocycles. The second-order valence-electron chi connectivity index (χ2n) is 10.6. The summed E-state index contributed by atoms with van der Waals surface area (Å²) in [6.07, 6.45) is 0.952. The Morgan fingerprint density at radius 2 is 1.77 bits per heavy atom. The molecule has 1 amide bonds. The summed E-state index contributed by atoms with van der Waals surface area (Å²) in [5.74, 6) is 1.83. The SMILES string of the molecule is Cc1cc(-c2[nH]c3ccc(C4CCN(C(=O)O)CC4)cc3c2C(C)C)cc(N2CCN(C)CC2)n1. The van der Waals surface area contributed by atoms with Crippen LogP contribution in [0.4, 0.5) is 10.6 Å². The molecule has 2 saturated heterocycles. The van der Waals surface area contributed by atoms with Crippen molar-refractivity contribution in [3.8, 4) is 11.3 Å². The van der Waals surface area contributed by atoms with Crippen LogP contribution in [0.15, 0.2) is 30.3 Å². The van der Waals surface area contributed by atoms with Gasteiger partial charge in [-0.25, -0.2) is 9.78 Å². The number of carboxylic acid groups (broad SMARTS) is 1. The molecule has 7 nitrogen and oxygen atoms in total. The third kappa shape index (κ3) is 4.74. The van der Waals surface area contributed by atoms with Crippen LogP contribution in [0.5, 0.6) is 0 Å². The number of amides is 1. The van der Waals surface area contributed by atoms with Gasteiger partial charge in [-0.1, -0.05) is 19.9 Å². The fourth-order valence-corrected chi connectivity index (χ4v) is 5.71. The monoisotopic (exact) mass is 475 g/mol. The van der Waals surface area contributed by atoms with Gasteiger partial charge < -0.3 is 24.8 Å². The lowest BCUT2D eigenvalue weighted by molar-refractivity contribution is 0.132. The predicted octanol–water partition coefficient (Wildman–Crippen LogP) is 5.27. The summed E-state index contributed by atoms with van der Waals surface area (Å²) in [6.45, 7) is 11.9. The summed E-state index contributed by atoms with van der Waals surface area (Å²) in [7, 11) is 2.18. The van der Waals surface area contributed by atoms with E-state index in [9.17, 15) is 9.90 Å². The molecule has 0 aliphatic carbocycles. The summed E-state index contributed by atoms with van der Waals surface area (Å²) < 4.78 is 0. The standard InChI is InChI=1S/C28H37N5O2/c1-18(2)26-23-16-21(20-7-9-33(10-8-20)28(34)35)5-6-24(23)30-27(26)22-15-19(3)29-25(17-22)32-13-11-31(4)12-14-32/h5-6,15-18,20,30H,7-14H2,1-4H3,(H,34,35). The minimum Gasteiger partial charge on any atom is -0.465 e. The Labute approximate surface area is 207 Å². The number of aryl methyl sites for hydroxylation is 1. The maximum atomic E-state index is 11.3. The topological polar surface area (TPSA) is 75.7 Å². The molecule has 4 heterocycles. The van der Waals surface area contributed by atoms with Gasteiger partial charge in [-0.15, -0.1) is 0 Å². The van der Waals surface area contributed by atoms with Crippen molar-refractivity contribution >= 4 is 22.8 Å². The fourth-order valence-electron chi connectivity index (χ4n) is 5.71. The zero-order valence-corrected chi connectivity index (χ0v) is 21.3. The number of H-pyrrole nitrogens is 1. The van der Waals surface area contributed by atoms with Crippen LogP contribution in [0.1, 0.15) is 55.3 Å². The van der Waals surface area contributed by atoms with Gasteiger partial charge in [0.2, 0.25) is 0 Å². The third-order valence-corrected chi connectivity index (χ3v) is 7.73. The number of anilines is 1. The number of piperazine rings is 1. The van der Waals surface area contributed by atoms with E-state index in [1.807, 2.05) is 0 Å². The van der Waals surface area contributed by atoms with Crippen molar-refractivity contribution in [3.05, 3.63) is 47.2 Å². The summed E-state index contributed by atoms with van der Waals surface area (Å²) in [4.78, 5) is 26.2. The quantitative estimate of drug-likeness (QED) is 0.538. The average molecular weight is 476 g/mol. The first kappa shape index (κ1) is 23.7. The molecule has 0 saturated carbocycles. The van der Waals surface area contributed by atoms with Crippen LogP contribution in [-0.4, -0.2) is 77.3 Å². The third-order valence-electron chi connectivity index (χ3n) is 7.73. The van der Waals surface area contributed by atoms with Crippen LogP contribution >= 0.6 is 0 Å². The van der Waals surface area contributed by atoms with E-state index in [0.29, 0.717) is 24.9 Å². The number of likely N-dealkylation sites (tertiary alicyclic amines) is 1. The van der Waals surface area contributed by atoms with Gasteiger partial charge in [0.05, 0.1) is 5.69 Å². The number of nitrogens with zero attached hydrogens (tertiary/aromatic N) is 4. The van der Waals surface area contributed by atoms with Gasteiger partial charge in [-0.3, -0.25) is 0 Å². The van der Waals surface area contributed by atoms with Crippen molar-refractivity contribution in [2.45, 2.75) is 45.4 Å². The number of fused-ring (bicyclic) bond motifs is 1. The van der Waals surface area contributed by atoms with Crippen LogP contribution in [0, 0.1) is 6.92 Å². The Morgan fingerprint density at radius 1 is 1.06 bits per heavy atom. The smallest absolute Gasteiger partial charge is 0.407 e. The molecule has 0 atom stereocenters. The number of benzene rings is 1. The second kappa shape index (κ2) is 9.53. The van der Waals surface area contributed by atoms with Crippen LogP contribution in [0.2, 0.25) is 0 Å². The lowest BCUT2D eigenvalue weighted by atomic mass is 9.87. The van der Waals surface area contributed by atoms with Crippen molar-refractivity contribution in [2.75, 3.05) is 51.2 Å². The molecule has 5 rings (SSSR count). The molecule has 0 radical (unpaired) electrons. The Kier molecular flexibility index (Phi) is 6.45. The highest BCUT2D eigenvalue weighted by Gasteiger charge is 2.25.